The van der Waals surface area contributed by atoms with Gasteiger partial charge in [-0.2, -0.15) is 5.10 Å². The third-order valence-electron chi connectivity index (χ3n) is 4.85. The Bertz CT molecular complexity index is 1150. The minimum absolute atomic E-state index is 0.0896. The minimum atomic E-state index is -3.63. The summed E-state index contributed by atoms with van der Waals surface area (Å²) in [5.74, 6) is 0.0561. The van der Waals surface area contributed by atoms with Crippen molar-refractivity contribution in [3.8, 4) is 5.69 Å². The molecule has 2 aromatic carbocycles. The molecule has 4 rings (SSSR count). The number of hydrogen-bond acceptors (Lipinski definition) is 4. The molecule has 1 amide bonds. The molecule has 29 heavy (non-hydrogen) atoms. The van der Waals surface area contributed by atoms with Crippen LogP contribution in [0.2, 0.25) is 0 Å². The summed E-state index contributed by atoms with van der Waals surface area (Å²) >= 11 is 0. The molecule has 1 saturated carbocycles. The lowest BCUT2D eigenvalue weighted by Crippen LogP contribution is -2.26. The Hall–Kier alpha value is -2.97. The summed E-state index contributed by atoms with van der Waals surface area (Å²) in [6.45, 7) is 2.39. The SMILES string of the molecule is Cc1ccnn1-c1cccc(NC(=O)c2cccc(S(=O)(=O)NCC3CC3)c2)c1. The molecule has 1 aliphatic carbocycles. The van der Waals surface area contributed by atoms with Gasteiger partial charge in [0.25, 0.3) is 5.91 Å². The smallest absolute Gasteiger partial charge is 0.255 e. The van der Waals surface area contributed by atoms with Gasteiger partial charge in [0.15, 0.2) is 0 Å². The predicted octanol–water partition coefficient (Wildman–Crippen LogP) is 3.12. The Morgan fingerprint density at radius 1 is 1.14 bits per heavy atom. The third kappa shape index (κ3) is 4.55. The number of aromatic nitrogens is 2. The van der Waals surface area contributed by atoms with Gasteiger partial charge in [-0.15, -0.1) is 0 Å². The lowest BCUT2D eigenvalue weighted by molar-refractivity contribution is 0.102. The van der Waals surface area contributed by atoms with Gasteiger partial charge in [-0.05, 0) is 68.1 Å². The molecular formula is C21H22N4O3S. The van der Waals surface area contributed by atoms with E-state index >= 15 is 0 Å². The molecule has 2 N–H and O–H groups in total. The van der Waals surface area contributed by atoms with Crippen molar-refractivity contribution in [2.24, 2.45) is 5.92 Å². The number of rotatable bonds is 7. The molecular weight excluding hydrogens is 388 g/mol. The van der Waals surface area contributed by atoms with Crippen LogP contribution in [0.15, 0.2) is 65.7 Å². The number of anilines is 1. The molecule has 0 bridgehead atoms. The first kappa shape index (κ1) is 19.4. The molecule has 0 atom stereocenters. The van der Waals surface area contributed by atoms with E-state index in [1.807, 2.05) is 31.2 Å². The second kappa shape index (κ2) is 7.81. The Labute approximate surface area is 169 Å². The summed E-state index contributed by atoms with van der Waals surface area (Å²) in [6, 6.07) is 15.3. The average Bonchev–Trinajstić information content (AvgIpc) is 3.46. The summed E-state index contributed by atoms with van der Waals surface area (Å²) in [5.41, 5.74) is 2.68. The highest BCUT2D eigenvalue weighted by molar-refractivity contribution is 7.89. The Morgan fingerprint density at radius 2 is 1.93 bits per heavy atom. The number of carbonyl (C=O) groups is 1. The molecule has 3 aromatic rings. The Morgan fingerprint density at radius 3 is 2.66 bits per heavy atom. The number of nitrogens with one attached hydrogen (secondary N) is 2. The van der Waals surface area contributed by atoms with Crippen LogP contribution in [0.5, 0.6) is 0 Å². The summed E-state index contributed by atoms with van der Waals surface area (Å²) in [5, 5.41) is 7.09. The molecule has 1 aromatic heterocycles. The summed E-state index contributed by atoms with van der Waals surface area (Å²) in [6.07, 6.45) is 3.83. The number of aryl methyl sites for hydroxylation is 1. The van der Waals surface area contributed by atoms with Crippen LogP contribution >= 0.6 is 0 Å². The van der Waals surface area contributed by atoms with E-state index in [9.17, 15) is 13.2 Å². The molecule has 0 aliphatic heterocycles. The molecule has 1 heterocycles. The van der Waals surface area contributed by atoms with Gasteiger partial charge < -0.3 is 5.32 Å². The average molecular weight is 410 g/mol. The topological polar surface area (TPSA) is 93.1 Å². The highest BCUT2D eigenvalue weighted by Crippen LogP contribution is 2.28. The van der Waals surface area contributed by atoms with Crippen molar-refractivity contribution in [3.05, 3.63) is 72.1 Å². The van der Waals surface area contributed by atoms with Crippen molar-refractivity contribution in [1.82, 2.24) is 14.5 Å². The van der Waals surface area contributed by atoms with E-state index in [0.29, 0.717) is 18.2 Å². The Balaban J connectivity index is 1.51. The number of amides is 1. The molecule has 0 saturated heterocycles. The summed E-state index contributed by atoms with van der Waals surface area (Å²) in [7, 11) is -3.63. The lowest BCUT2D eigenvalue weighted by atomic mass is 10.2. The summed E-state index contributed by atoms with van der Waals surface area (Å²) in [4.78, 5) is 12.8. The van der Waals surface area contributed by atoms with Crippen LogP contribution in [0.3, 0.4) is 0 Å². The van der Waals surface area contributed by atoms with Gasteiger partial charge in [0, 0.05) is 29.7 Å². The van der Waals surface area contributed by atoms with E-state index in [1.54, 1.807) is 29.1 Å². The molecule has 8 heteroatoms. The van der Waals surface area contributed by atoms with Crippen LogP contribution in [0.4, 0.5) is 5.69 Å². The maximum Gasteiger partial charge on any atom is 0.255 e. The fourth-order valence-corrected chi connectivity index (χ4v) is 4.16. The van der Waals surface area contributed by atoms with E-state index in [2.05, 4.69) is 15.1 Å². The first-order valence-corrected chi connectivity index (χ1v) is 10.9. The van der Waals surface area contributed by atoms with Gasteiger partial charge in [0.2, 0.25) is 10.0 Å². The molecule has 7 nitrogen and oxygen atoms in total. The number of benzene rings is 2. The number of carbonyl (C=O) groups excluding carboxylic acids is 1. The molecule has 0 radical (unpaired) electrons. The maximum atomic E-state index is 12.7. The van der Waals surface area contributed by atoms with E-state index in [0.717, 1.165) is 24.2 Å². The maximum absolute atomic E-state index is 12.7. The van der Waals surface area contributed by atoms with Crippen LogP contribution in [-0.2, 0) is 10.0 Å². The number of nitrogens with zero attached hydrogens (tertiary/aromatic N) is 2. The van der Waals surface area contributed by atoms with Crippen molar-refractivity contribution >= 4 is 21.6 Å². The highest BCUT2D eigenvalue weighted by atomic mass is 32.2. The van der Waals surface area contributed by atoms with Gasteiger partial charge in [-0.25, -0.2) is 17.8 Å². The van der Waals surface area contributed by atoms with Gasteiger partial charge in [-0.3, -0.25) is 4.79 Å². The summed E-state index contributed by atoms with van der Waals surface area (Å²) < 4.78 is 29.3. The van der Waals surface area contributed by atoms with Crippen molar-refractivity contribution < 1.29 is 13.2 Å². The Kier molecular flexibility index (Phi) is 5.21. The third-order valence-corrected chi connectivity index (χ3v) is 6.27. The van der Waals surface area contributed by atoms with E-state index < -0.39 is 10.0 Å². The highest BCUT2D eigenvalue weighted by Gasteiger charge is 2.24. The fraction of sp³-hybridized carbons (Fsp3) is 0.238. The van der Waals surface area contributed by atoms with Crippen LogP contribution in [-0.4, -0.2) is 30.7 Å². The molecule has 150 valence electrons. The van der Waals surface area contributed by atoms with Crippen molar-refractivity contribution in [2.75, 3.05) is 11.9 Å². The predicted molar refractivity (Wildman–Crippen MR) is 111 cm³/mol. The number of hydrogen-bond donors (Lipinski definition) is 2. The second-order valence-corrected chi connectivity index (χ2v) is 8.98. The first-order chi connectivity index (χ1) is 13.9. The zero-order valence-electron chi connectivity index (χ0n) is 16.0. The molecule has 0 unspecified atom stereocenters. The van der Waals surface area contributed by atoms with Gasteiger partial charge in [-0.1, -0.05) is 12.1 Å². The van der Waals surface area contributed by atoms with Crippen LogP contribution < -0.4 is 10.0 Å². The van der Waals surface area contributed by atoms with E-state index in [-0.39, 0.29) is 16.4 Å². The second-order valence-electron chi connectivity index (χ2n) is 7.21. The molecule has 1 aliphatic rings. The van der Waals surface area contributed by atoms with Crippen LogP contribution in [0, 0.1) is 12.8 Å². The van der Waals surface area contributed by atoms with E-state index in [1.165, 1.54) is 12.1 Å². The van der Waals surface area contributed by atoms with Crippen molar-refractivity contribution in [3.63, 3.8) is 0 Å². The zero-order valence-corrected chi connectivity index (χ0v) is 16.8. The zero-order chi connectivity index (χ0) is 20.4. The fourth-order valence-electron chi connectivity index (χ4n) is 3.00. The van der Waals surface area contributed by atoms with Crippen LogP contribution in [0.25, 0.3) is 5.69 Å². The van der Waals surface area contributed by atoms with Gasteiger partial charge >= 0.3 is 0 Å². The largest absolute Gasteiger partial charge is 0.322 e. The normalized spacial score (nSPS) is 14.0. The molecule has 1 fully saturated rings. The van der Waals surface area contributed by atoms with Crippen molar-refractivity contribution in [2.45, 2.75) is 24.7 Å². The van der Waals surface area contributed by atoms with Gasteiger partial charge in [0.05, 0.1) is 10.6 Å². The quantitative estimate of drug-likeness (QED) is 0.626. The van der Waals surface area contributed by atoms with E-state index in [4.69, 9.17) is 0 Å². The van der Waals surface area contributed by atoms with Gasteiger partial charge in [0.1, 0.15) is 0 Å². The monoisotopic (exact) mass is 410 g/mol. The van der Waals surface area contributed by atoms with Crippen molar-refractivity contribution in [1.29, 1.82) is 0 Å². The first-order valence-electron chi connectivity index (χ1n) is 9.44. The minimum Gasteiger partial charge on any atom is -0.322 e. The van der Waals surface area contributed by atoms with Crippen LogP contribution in [0.1, 0.15) is 28.9 Å². The standard InChI is InChI=1S/C21H22N4O3S/c1-15-10-11-22-25(15)19-6-3-5-18(13-19)24-21(26)17-4-2-7-20(12-17)29(27,28)23-14-16-8-9-16/h2-7,10-13,16,23H,8-9,14H2,1H3,(H,24,26). The number of sulfonamides is 1. The molecule has 0 spiro atoms. The lowest BCUT2D eigenvalue weighted by Gasteiger charge is -2.10.